The van der Waals surface area contributed by atoms with Crippen molar-refractivity contribution in [3.05, 3.63) is 59.7 Å². The topological polar surface area (TPSA) is 73.1 Å². The van der Waals surface area contributed by atoms with Gasteiger partial charge in [0.05, 0.1) is 7.11 Å². The van der Waals surface area contributed by atoms with Gasteiger partial charge >= 0.3 is 0 Å². The molecule has 0 N–H and O–H groups in total. The van der Waals surface area contributed by atoms with Crippen LogP contribution in [-0.4, -0.2) is 51.2 Å². The molecule has 1 atom stereocenters. The molecule has 0 aliphatic carbocycles. The normalized spacial score (nSPS) is 11.9. The Morgan fingerprint density at radius 1 is 1.17 bits per heavy atom. The van der Waals surface area contributed by atoms with Crippen LogP contribution in [0.3, 0.4) is 0 Å². The van der Waals surface area contributed by atoms with Crippen LogP contribution in [0.5, 0.6) is 5.75 Å². The SMILES string of the molecule is CCN(CC)C(=O)C(Sc1nnnn1-c1cc(C)ccc1OC)c1ccccc1. The standard InChI is InChI=1S/C21H25N5O2S/c1-5-25(6-2)20(27)19(16-10-8-7-9-11-16)29-21-22-23-24-26(21)17-14-15(3)12-13-18(17)28-4/h7-14,19H,5-6H2,1-4H3. The van der Waals surface area contributed by atoms with Gasteiger partial charge in [0.1, 0.15) is 16.7 Å². The van der Waals surface area contributed by atoms with E-state index in [1.807, 2.05) is 74.2 Å². The summed E-state index contributed by atoms with van der Waals surface area (Å²) in [6.07, 6.45) is 0. The molecule has 0 bridgehead atoms. The van der Waals surface area contributed by atoms with E-state index in [0.29, 0.717) is 24.0 Å². The summed E-state index contributed by atoms with van der Waals surface area (Å²) in [5.41, 5.74) is 2.72. The quantitative estimate of drug-likeness (QED) is 0.527. The Labute approximate surface area is 175 Å². The molecule has 0 aliphatic heterocycles. The Bertz CT molecular complexity index is 957. The highest BCUT2D eigenvalue weighted by molar-refractivity contribution is 8.00. The number of rotatable bonds is 8. The number of benzene rings is 2. The summed E-state index contributed by atoms with van der Waals surface area (Å²) in [7, 11) is 1.61. The van der Waals surface area contributed by atoms with Crippen molar-refractivity contribution < 1.29 is 9.53 Å². The second-order valence-electron chi connectivity index (χ2n) is 6.47. The molecule has 7 nitrogen and oxygen atoms in total. The molecule has 0 radical (unpaired) electrons. The van der Waals surface area contributed by atoms with Crippen molar-refractivity contribution >= 4 is 17.7 Å². The second kappa shape index (κ2) is 9.56. The lowest BCUT2D eigenvalue weighted by Gasteiger charge is -2.24. The molecule has 0 saturated carbocycles. The van der Waals surface area contributed by atoms with Gasteiger partial charge in [-0.2, -0.15) is 4.68 Å². The summed E-state index contributed by atoms with van der Waals surface area (Å²) in [6, 6.07) is 15.5. The summed E-state index contributed by atoms with van der Waals surface area (Å²) in [5, 5.41) is 12.3. The lowest BCUT2D eigenvalue weighted by Crippen LogP contribution is -2.34. The summed E-state index contributed by atoms with van der Waals surface area (Å²) in [6.45, 7) is 7.26. The molecule has 0 fully saturated rings. The smallest absolute Gasteiger partial charge is 0.240 e. The van der Waals surface area contributed by atoms with Crippen molar-refractivity contribution in [2.75, 3.05) is 20.2 Å². The molecule has 152 valence electrons. The monoisotopic (exact) mass is 411 g/mol. The third kappa shape index (κ3) is 4.59. The molecule has 1 amide bonds. The molecule has 0 spiro atoms. The first kappa shape index (κ1) is 20.9. The third-order valence-electron chi connectivity index (χ3n) is 4.63. The van der Waals surface area contributed by atoms with E-state index in [-0.39, 0.29) is 5.91 Å². The van der Waals surface area contributed by atoms with Crippen LogP contribution in [0.1, 0.15) is 30.2 Å². The van der Waals surface area contributed by atoms with Crippen LogP contribution in [0.2, 0.25) is 0 Å². The number of amides is 1. The lowest BCUT2D eigenvalue weighted by atomic mass is 10.1. The van der Waals surface area contributed by atoms with Crippen LogP contribution in [-0.2, 0) is 4.79 Å². The number of hydrogen-bond donors (Lipinski definition) is 0. The number of thioether (sulfide) groups is 1. The average Bonchev–Trinajstić information content (AvgIpc) is 3.21. The van der Waals surface area contributed by atoms with Gasteiger partial charge in [-0.3, -0.25) is 4.79 Å². The summed E-state index contributed by atoms with van der Waals surface area (Å²) >= 11 is 1.34. The minimum atomic E-state index is -0.448. The average molecular weight is 412 g/mol. The Kier molecular flexibility index (Phi) is 6.87. The maximum absolute atomic E-state index is 13.3. The van der Waals surface area contributed by atoms with Crippen molar-refractivity contribution in [3.8, 4) is 11.4 Å². The highest BCUT2D eigenvalue weighted by Crippen LogP contribution is 2.37. The predicted octanol–water partition coefficient (Wildman–Crippen LogP) is 3.68. The van der Waals surface area contributed by atoms with E-state index in [0.717, 1.165) is 16.8 Å². The van der Waals surface area contributed by atoms with E-state index in [1.165, 1.54) is 11.8 Å². The molecule has 0 saturated heterocycles. The molecular weight excluding hydrogens is 386 g/mol. The number of aryl methyl sites for hydroxylation is 1. The summed E-state index contributed by atoms with van der Waals surface area (Å²) in [4.78, 5) is 15.1. The highest BCUT2D eigenvalue weighted by atomic mass is 32.2. The van der Waals surface area contributed by atoms with E-state index in [1.54, 1.807) is 11.8 Å². The molecule has 0 aliphatic rings. The first-order valence-corrected chi connectivity index (χ1v) is 10.4. The van der Waals surface area contributed by atoms with E-state index < -0.39 is 5.25 Å². The summed E-state index contributed by atoms with van der Waals surface area (Å²) < 4.78 is 7.12. The van der Waals surface area contributed by atoms with Gasteiger partial charge in [0, 0.05) is 13.1 Å². The van der Waals surface area contributed by atoms with Gasteiger partial charge in [-0.15, -0.1) is 5.10 Å². The Morgan fingerprint density at radius 2 is 1.90 bits per heavy atom. The number of hydrogen-bond acceptors (Lipinski definition) is 6. The number of aromatic nitrogens is 4. The van der Waals surface area contributed by atoms with Crippen molar-refractivity contribution in [3.63, 3.8) is 0 Å². The van der Waals surface area contributed by atoms with Gasteiger partial charge in [0.25, 0.3) is 0 Å². The van der Waals surface area contributed by atoms with Crippen LogP contribution < -0.4 is 4.74 Å². The fourth-order valence-electron chi connectivity index (χ4n) is 3.06. The molecule has 29 heavy (non-hydrogen) atoms. The minimum Gasteiger partial charge on any atom is -0.494 e. The Balaban J connectivity index is 2.01. The van der Waals surface area contributed by atoms with Crippen molar-refractivity contribution in [2.45, 2.75) is 31.2 Å². The zero-order valence-electron chi connectivity index (χ0n) is 17.1. The van der Waals surface area contributed by atoms with Crippen LogP contribution in [0.25, 0.3) is 5.69 Å². The van der Waals surface area contributed by atoms with Crippen molar-refractivity contribution in [1.82, 2.24) is 25.1 Å². The molecule has 3 rings (SSSR count). The number of likely N-dealkylation sites (N-methyl/N-ethyl adjacent to an activating group) is 1. The number of methoxy groups -OCH3 is 1. The van der Waals surface area contributed by atoms with E-state index in [4.69, 9.17) is 4.74 Å². The van der Waals surface area contributed by atoms with Gasteiger partial charge in [-0.25, -0.2) is 0 Å². The highest BCUT2D eigenvalue weighted by Gasteiger charge is 2.28. The predicted molar refractivity (Wildman–Crippen MR) is 113 cm³/mol. The zero-order chi connectivity index (χ0) is 20.8. The first-order valence-electron chi connectivity index (χ1n) is 9.52. The van der Waals surface area contributed by atoms with Crippen LogP contribution >= 0.6 is 11.8 Å². The number of ether oxygens (including phenoxy) is 1. The number of carbonyl (C=O) groups is 1. The molecule has 1 heterocycles. The second-order valence-corrected chi connectivity index (χ2v) is 7.54. The molecule has 8 heteroatoms. The van der Waals surface area contributed by atoms with E-state index in [9.17, 15) is 4.79 Å². The third-order valence-corrected chi connectivity index (χ3v) is 5.80. The molecule has 1 unspecified atom stereocenters. The maximum Gasteiger partial charge on any atom is 0.240 e. The van der Waals surface area contributed by atoms with Gasteiger partial charge < -0.3 is 9.64 Å². The van der Waals surface area contributed by atoms with Gasteiger partial charge in [0.2, 0.25) is 11.1 Å². The largest absolute Gasteiger partial charge is 0.494 e. The van der Waals surface area contributed by atoms with E-state index in [2.05, 4.69) is 15.5 Å². The number of tetrazole rings is 1. The number of carbonyl (C=O) groups excluding carboxylic acids is 1. The van der Waals surface area contributed by atoms with Gasteiger partial charge in [-0.05, 0) is 54.5 Å². The van der Waals surface area contributed by atoms with Crippen molar-refractivity contribution in [2.24, 2.45) is 0 Å². The van der Waals surface area contributed by atoms with E-state index >= 15 is 0 Å². The van der Waals surface area contributed by atoms with Crippen LogP contribution in [0, 0.1) is 6.92 Å². The molecule has 2 aromatic carbocycles. The molecule has 1 aromatic heterocycles. The van der Waals surface area contributed by atoms with Gasteiger partial charge in [-0.1, -0.05) is 48.2 Å². The Hall–Kier alpha value is -2.87. The minimum absolute atomic E-state index is 0.0388. The first-order chi connectivity index (χ1) is 14.1. The maximum atomic E-state index is 13.3. The van der Waals surface area contributed by atoms with Crippen LogP contribution in [0.4, 0.5) is 0 Å². The van der Waals surface area contributed by atoms with Gasteiger partial charge in [0.15, 0.2) is 0 Å². The number of nitrogens with zero attached hydrogens (tertiary/aromatic N) is 5. The Morgan fingerprint density at radius 3 is 2.55 bits per heavy atom. The fourth-order valence-corrected chi connectivity index (χ4v) is 4.14. The summed E-state index contributed by atoms with van der Waals surface area (Å²) in [5.74, 6) is 0.702. The zero-order valence-corrected chi connectivity index (χ0v) is 17.9. The molecular formula is C21H25N5O2S. The fraction of sp³-hybridized carbons (Fsp3) is 0.333. The lowest BCUT2D eigenvalue weighted by molar-refractivity contribution is -0.130. The van der Waals surface area contributed by atoms with Crippen LogP contribution in [0.15, 0.2) is 53.7 Å². The van der Waals surface area contributed by atoms with Crippen molar-refractivity contribution in [1.29, 1.82) is 0 Å². The molecule has 3 aromatic rings.